The molecule has 1 aliphatic heterocycles. The molecular weight excluding hydrogens is 288 g/mol. The van der Waals surface area contributed by atoms with Gasteiger partial charge in [-0.3, -0.25) is 9.69 Å². The minimum Gasteiger partial charge on any atom is -0.322 e. The zero-order valence-corrected chi connectivity index (χ0v) is 11.3. The molecule has 1 fully saturated rings. The van der Waals surface area contributed by atoms with Gasteiger partial charge in [0.1, 0.15) is 5.82 Å². The van der Waals surface area contributed by atoms with Crippen LogP contribution < -0.4 is 5.32 Å². The number of hydrogen-bond donors (Lipinski definition) is 1. The van der Waals surface area contributed by atoms with Crippen LogP contribution in [0.15, 0.2) is 24.3 Å². The summed E-state index contributed by atoms with van der Waals surface area (Å²) in [5.74, 6) is -2.25. The number of nitrogens with one attached hydrogen (secondary N) is 1. The normalized spacial score (nSPS) is 17.7. The summed E-state index contributed by atoms with van der Waals surface area (Å²) in [6.45, 7) is 0.405. The molecule has 1 aromatic rings. The molecule has 0 saturated carbocycles. The lowest BCUT2D eigenvalue weighted by atomic mass is 9.96. The number of nitrogens with zero attached hydrogens (tertiary/aromatic N) is 1. The maximum absolute atomic E-state index is 13.4. The second-order valence-corrected chi connectivity index (χ2v) is 5.12. The molecule has 1 N–H and O–H groups in total. The zero-order valence-electron chi connectivity index (χ0n) is 11.3. The lowest BCUT2D eigenvalue weighted by molar-refractivity contribution is -0.184. The number of amides is 1. The fraction of sp³-hybridized carbons (Fsp3) is 0.500. The van der Waals surface area contributed by atoms with E-state index in [9.17, 15) is 22.4 Å². The summed E-state index contributed by atoms with van der Waals surface area (Å²) >= 11 is 0. The Hall–Kier alpha value is -1.63. The standard InChI is InChI=1S/C14H16F4N2O/c15-11-3-1-2-4-12(11)19-13(21)9-20-7-5-10(6-8-20)14(16,17)18/h1-4,10H,5-9H2,(H,19,21). The summed E-state index contributed by atoms with van der Waals surface area (Å²) in [4.78, 5) is 13.4. The monoisotopic (exact) mass is 304 g/mol. The van der Waals surface area contributed by atoms with Crippen molar-refractivity contribution in [3.05, 3.63) is 30.1 Å². The molecule has 7 heteroatoms. The Bertz CT molecular complexity index is 496. The number of carbonyl (C=O) groups is 1. The Labute approximate surface area is 119 Å². The first kappa shape index (κ1) is 15.8. The number of benzene rings is 1. The van der Waals surface area contributed by atoms with Crippen LogP contribution in [0.4, 0.5) is 23.2 Å². The summed E-state index contributed by atoms with van der Waals surface area (Å²) in [7, 11) is 0. The average molecular weight is 304 g/mol. The van der Waals surface area contributed by atoms with E-state index in [2.05, 4.69) is 5.32 Å². The third-order valence-corrected chi connectivity index (χ3v) is 3.57. The van der Waals surface area contributed by atoms with Crippen LogP contribution in [0.1, 0.15) is 12.8 Å². The van der Waals surface area contributed by atoms with Gasteiger partial charge in [-0.2, -0.15) is 13.2 Å². The van der Waals surface area contributed by atoms with E-state index in [0.29, 0.717) is 0 Å². The first-order chi connectivity index (χ1) is 9.86. The molecule has 0 aromatic heterocycles. The molecule has 2 rings (SSSR count). The fourth-order valence-electron chi connectivity index (χ4n) is 2.37. The van der Waals surface area contributed by atoms with Gasteiger partial charge < -0.3 is 5.32 Å². The third-order valence-electron chi connectivity index (χ3n) is 3.57. The van der Waals surface area contributed by atoms with E-state index in [1.807, 2.05) is 0 Å². The molecule has 0 bridgehead atoms. The van der Waals surface area contributed by atoms with Gasteiger partial charge in [-0.1, -0.05) is 12.1 Å². The van der Waals surface area contributed by atoms with Crippen molar-refractivity contribution in [1.29, 1.82) is 0 Å². The summed E-state index contributed by atoms with van der Waals surface area (Å²) in [6.07, 6.45) is -4.17. The molecule has 0 atom stereocenters. The van der Waals surface area contributed by atoms with Crippen LogP contribution in [0, 0.1) is 11.7 Å². The number of alkyl halides is 3. The molecule has 1 heterocycles. The Morgan fingerprint density at radius 3 is 2.43 bits per heavy atom. The fourth-order valence-corrected chi connectivity index (χ4v) is 2.37. The third kappa shape index (κ3) is 4.42. The molecule has 1 amide bonds. The highest BCUT2D eigenvalue weighted by molar-refractivity contribution is 5.92. The van der Waals surface area contributed by atoms with Gasteiger partial charge in [-0.25, -0.2) is 4.39 Å². The molecule has 0 aliphatic carbocycles. The van der Waals surface area contributed by atoms with Crippen LogP contribution in [-0.2, 0) is 4.79 Å². The van der Waals surface area contributed by atoms with E-state index in [1.165, 1.54) is 18.2 Å². The Kier molecular flexibility index (Phi) is 4.82. The van der Waals surface area contributed by atoms with Crippen LogP contribution in [0.3, 0.4) is 0 Å². The van der Waals surface area contributed by atoms with Gasteiger partial charge in [-0.05, 0) is 38.1 Å². The van der Waals surface area contributed by atoms with Gasteiger partial charge in [-0.15, -0.1) is 0 Å². The molecule has 3 nitrogen and oxygen atoms in total. The van der Waals surface area contributed by atoms with Gasteiger partial charge in [0, 0.05) is 0 Å². The lowest BCUT2D eigenvalue weighted by Crippen LogP contribution is -2.42. The van der Waals surface area contributed by atoms with Crippen molar-refractivity contribution >= 4 is 11.6 Å². The average Bonchev–Trinajstić information content (AvgIpc) is 2.41. The highest BCUT2D eigenvalue weighted by Gasteiger charge is 2.41. The van der Waals surface area contributed by atoms with E-state index in [4.69, 9.17) is 0 Å². The molecule has 0 radical (unpaired) electrons. The van der Waals surface area contributed by atoms with E-state index in [0.717, 1.165) is 0 Å². The van der Waals surface area contributed by atoms with Crippen LogP contribution in [0.25, 0.3) is 0 Å². The Morgan fingerprint density at radius 1 is 1.24 bits per heavy atom. The van der Waals surface area contributed by atoms with Gasteiger partial charge >= 0.3 is 6.18 Å². The van der Waals surface area contributed by atoms with Crippen molar-refractivity contribution in [3.8, 4) is 0 Å². The molecule has 0 unspecified atom stereocenters. The topological polar surface area (TPSA) is 32.3 Å². The van der Waals surface area contributed by atoms with Crippen LogP contribution in [0.5, 0.6) is 0 Å². The van der Waals surface area contributed by atoms with Crippen LogP contribution in [0.2, 0.25) is 0 Å². The van der Waals surface area contributed by atoms with E-state index >= 15 is 0 Å². The summed E-state index contributed by atoms with van der Waals surface area (Å²) < 4.78 is 50.9. The van der Waals surface area contributed by atoms with Gasteiger partial charge in [0.05, 0.1) is 18.2 Å². The second kappa shape index (κ2) is 6.43. The van der Waals surface area contributed by atoms with E-state index in [1.54, 1.807) is 11.0 Å². The van der Waals surface area contributed by atoms with Crippen molar-refractivity contribution in [2.75, 3.05) is 25.0 Å². The molecule has 1 aliphatic rings. The lowest BCUT2D eigenvalue weighted by Gasteiger charge is -2.32. The predicted molar refractivity (Wildman–Crippen MR) is 70.2 cm³/mol. The molecular formula is C14H16F4N2O. The van der Waals surface area contributed by atoms with Crippen molar-refractivity contribution < 1.29 is 22.4 Å². The largest absolute Gasteiger partial charge is 0.391 e. The Balaban J connectivity index is 1.81. The molecule has 116 valence electrons. The van der Waals surface area contributed by atoms with Crippen molar-refractivity contribution in [2.45, 2.75) is 19.0 Å². The molecule has 0 spiro atoms. The maximum Gasteiger partial charge on any atom is 0.391 e. The number of rotatable bonds is 3. The van der Waals surface area contributed by atoms with Crippen molar-refractivity contribution in [2.24, 2.45) is 5.92 Å². The quantitative estimate of drug-likeness (QED) is 0.871. The van der Waals surface area contributed by atoms with Crippen molar-refractivity contribution in [1.82, 2.24) is 4.90 Å². The Morgan fingerprint density at radius 2 is 1.86 bits per heavy atom. The number of piperidine rings is 1. The zero-order chi connectivity index (χ0) is 15.5. The number of hydrogen-bond acceptors (Lipinski definition) is 2. The van der Waals surface area contributed by atoms with Gasteiger partial charge in [0.25, 0.3) is 0 Å². The first-order valence-electron chi connectivity index (χ1n) is 6.69. The highest BCUT2D eigenvalue weighted by Crippen LogP contribution is 2.33. The van der Waals surface area contributed by atoms with Gasteiger partial charge in [0.2, 0.25) is 5.91 Å². The smallest absolute Gasteiger partial charge is 0.322 e. The predicted octanol–water partition coefficient (Wildman–Crippen LogP) is 3.04. The number of carbonyl (C=O) groups excluding carboxylic acids is 1. The first-order valence-corrected chi connectivity index (χ1v) is 6.69. The van der Waals surface area contributed by atoms with Crippen molar-refractivity contribution in [3.63, 3.8) is 0 Å². The summed E-state index contributed by atoms with van der Waals surface area (Å²) in [5.41, 5.74) is 0.0766. The van der Waals surface area contributed by atoms with E-state index in [-0.39, 0.29) is 38.2 Å². The maximum atomic E-state index is 13.4. The highest BCUT2D eigenvalue weighted by atomic mass is 19.4. The van der Waals surface area contributed by atoms with Crippen LogP contribution >= 0.6 is 0 Å². The minimum atomic E-state index is -4.17. The van der Waals surface area contributed by atoms with E-state index < -0.39 is 23.8 Å². The molecule has 1 aromatic carbocycles. The molecule has 1 saturated heterocycles. The summed E-state index contributed by atoms with van der Waals surface area (Å²) in [6, 6.07) is 5.76. The number of anilines is 1. The summed E-state index contributed by atoms with van der Waals surface area (Å²) in [5, 5.41) is 2.42. The SMILES string of the molecule is O=C(CN1CCC(C(F)(F)F)CC1)Nc1ccccc1F. The van der Waals surface area contributed by atoms with Gasteiger partial charge in [0.15, 0.2) is 0 Å². The van der Waals surface area contributed by atoms with Crippen LogP contribution in [-0.4, -0.2) is 36.6 Å². The number of para-hydroxylation sites is 1. The minimum absolute atomic E-state index is 0.00349. The number of likely N-dealkylation sites (tertiary alicyclic amines) is 1. The molecule has 21 heavy (non-hydrogen) atoms. The number of halogens is 4. The second-order valence-electron chi connectivity index (χ2n) is 5.12.